The molecule has 0 aliphatic carbocycles. The molecule has 114 valence electrons. The van der Waals surface area contributed by atoms with E-state index in [1.54, 1.807) is 12.1 Å². The molecule has 1 heterocycles. The number of carbonyl (C=O) groups is 2. The fourth-order valence-corrected chi connectivity index (χ4v) is 1.70. The fraction of sp³-hybridized carbons (Fsp3) is 0.133. The molecule has 0 aliphatic rings. The number of pyridine rings is 1. The maximum absolute atomic E-state index is 11.7. The first-order valence-electron chi connectivity index (χ1n) is 6.69. The second-order valence-electron chi connectivity index (χ2n) is 4.37. The van der Waals surface area contributed by atoms with Crippen LogP contribution in [0.5, 0.6) is 5.75 Å². The van der Waals surface area contributed by atoms with Gasteiger partial charge in [-0.3, -0.25) is 4.79 Å². The maximum atomic E-state index is 11.7. The van der Waals surface area contributed by atoms with Crippen LogP contribution in [0.4, 0.5) is 10.5 Å². The third kappa shape index (κ3) is 4.48. The number of aromatic hydroxyl groups is 1. The average Bonchev–Trinajstić information content (AvgIpc) is 2.53. The Morgan fingerprint density at radius 3 is 2.45 bits per heavy atom. The van der Waals surface area contributed by atoms with Gasteiger partial charge >= 0.3 is 6.03 Å². The number of benzene rings is 1. The second-order valence-corrected chi connectivity index (χ2v) is 4.37. The predicted octanol–water partition coefficient (Wildman–Crippen LogP) is 1.34. The Morgan fingerprint density at radius 2 is 1.73 bits per heavy atom. The lowest BCUT2D eigenvalue weighted by atomic mass is 10.3. The van der Waals surface area contributed by atoms with Gasteiger partial charge in [0.2, 0.25) is 0 Å². The van der Waals surface area contributed by atoms with Gasteiger partial charge < -0.3 is 21.1 Å². The third-order valence-corrected chi connectivity index (χ3v) is 2.73. The first-order chi connectivity index (χ1) is 10.7. The number of urea groups is 1. The van der Waals surface area contributed by atoms with Crippen molar-refractivity contribution in [2.75, 3.05) is 18.4 Å². The minimum Gasteiger partial charge on any atom is -0.505 e. The minimum atomic E-state index is -0.497. The van der Waals surface area contributed by atoms with Crippen LogP contribution in [0.15, 0.2) is 48.7 Å². The quantitative estimate of drug-likeness (QED) is 0.626. The molecule has 7 nitrogen and oxygen atoms in total. The second kappa shape index (κ2) is 7.63. The van der Waals surface area contributed by atoms with Crippen LogP contribution in [0.1, 0.15) is 10.5 Å². The largest absolute Gasteiger partial charge is 0.505 e. The van der Waals surface area contributed by atoms with E-state index in [2.05, 4.69) is 20.9 Å². The Labute approximate surface area is 127 Å². The highest BCUT2D eigenvalue weighted by atomic mass is 16.3. The van der Waals surface area contributed by atoms with E-state index in [4.69, 9.17) is 0 Å². The van der Waals surface area contributed by atoms with Gasteiger partial charge in [0, 0.05) is 25.0 Å². The molecule has 1 aromatic carbocycles. The molecule has 0 aliphatic heterocycles. The van der Waals surface area contributed by atoms with Gasteiger partial charge in [0.05, 0.1) is 0 Å². The van der Waals surface area contributed by atoms with Crippen molar-refractivity contribution < 1.29 is 14.7 Å². The molecule has 0 radical (unpaired) electrons. The van der Waals surface area contributed by atoms with Crippen molar-refractivity contribution in [2.24, 2.45) is 0 Å². The molecule has 2 rings (SSSR count). The lowest BCUT2D eigenvalue weighted by molar-refractivity contribution is 0.0946. The Balaban J connectivity index is 1.70. The summed E-state index contributed by atoms with van der Waals surface area (Å²) >= 11 is 0. The zero-order valence-electron chi connectivity index (χ0n) is 11.7. The molecule has 7 heteroatoms. The van der Waals surface area contributed by atoms with E-state index in [-0.39, 0.29) is 30.6 Å². The molecule has 0 fully saturated rings. The van der Waals surface area contributed by atoms with Crippen LogP contribution in [0.3, 0.4) is 0 Å². The summed E-state index contributed by atoms with van der Waals surface area (Å²) in [5.41, 5.74) is 0.638. The normalized spacial score (nSPS) is 9.82. The Bertz CT molecular complexity index is 646. The number of hydrogen-bond donors (Lipinski definition) is 4. The van der Waals surface area contributed by atoms with Gasteiger partial charge in [-0.25, -0.2) is 9.78 Å². The number of amides is 3. The molecule has 3 amide bonds. The highest BCUT2D eigenvalue weighted by Gasteiger charge is 2.11. The minimum absolute atomic E-state index is 0.0452. The summed E-state index contributed by atoms with van der Waals surface area (Å²) in [5.74, 6) is -0.682. The molecular weight excluding hydrogens is 284 g/mol. The van der Waals surface area contributed by atoms with Crippen LogP contribution in [0, 0.1) is 0 Å². The Hall–Kier alpha value is -3.09. The molecule has 4 N–H and O–H groups in total. The van der Waals surface area contributed by atoms with Crippen molar-refractivity contribution in [1.82, 2.24) is 15.6 Å². The molecule has 0 saturated heterocycles. The van der Waals surface area contributed by atoms with E-state index in [1.165, 1.54) is 18.3 Å². The van der Waals surface area contributed by atoms with E-state index in [1.807, 2.05) is 18.2 Å². The Kier molecular flexibility index (Phi) is 5.31. The standard InChI is InChI=1S/C15H16N4O3/c20-12-7-4-8-16-13(12)14(21)17-9-10-18-15(22)19-11-5-2-1-3-6-11/h1-8,20H,9-10H2,(H,17,21)(H2,18,19,22). The molecule has 0 atom stereocenters. The number of para-hydroxylation sites is 1. The van der Waals surface area contributed by atoms with Gasteiger partial charge in [0.15, 0.2) is 5.69 Å². The van der Waals surface area contributed by atoms with Crippen LogP contribution in [-0.2, 0) is 0 Å². The summed E-state index contributed by atoms with van der Waals surface area (Å²) in [4.78, 5) is 27.1. The van der Waals surface area contributed by atoms with E-state index < -0.39 is 5.91 Å². The number of nitrogens with one attached hydrogen (secondary N) is 3. The van der Waals surface area contributed by atoms with Crippen molar-refractivity contribution in [3.8, 4) is 5.75 Å². The maximum Gasteiger partial charge on any atom is 0.319 e. The average molecular weight is 300 g/mol. The van der Waals surface area contributed by atoms with Crippen LogP contribution in [-0.4, -0.2) is 35.1 Å². The molecule has 0 bridgehead atoms. The van der Waals surface area contributed by atoms with Gasteiger partial charge in [-0.05, 0) is 24.3 Å². The molecule has 0 spiro atoms. The Morgan fingerprint density at radius 1 is 1.00 bits per heavy atom. The number of rotatable bonds is 5. The summed E-state index contributed by atoms with van der Waals surface area (Å²) in [6.07, 6.45) is 1.42. The zero-order valence-corrected chi connectivity index (χ0v) is 11.7. The summed E-state index contributed by atoms with van der Waals surface area (Å²) in [5, 5.41) is 17.3. The predicted molar refractivity (Wildman–Crippen MR) is 81.7 cm³/mol. The number of hydrogen-bond acceptors (Lipinski definition) is 4. The highest BCUT2D eigenvalue weighted by Crippen LogP contribution is 2.11. The van der Waals surface area contributed by atoms with Crippen molar-refractivity contribution in [2.45, 2.75) is 0 Å². The first kappa shape index (κ1) is 15.3. The summed E-state index contributed by atoms with van der Waals surface area (Å²) < 4.78 is 0. The zero-order chi connectivity index (χ0) is 15.8. The molecule has 22 heavy (non-hydrogen) atoms. The number of aromatic nitrogens is 1. The highest BCUT2D eigenvalue weighted by molar-refractivity contribution is 5.94. The topological polar surface area (TPSA) is 103 Å². The molecule has 0 saturated carbocycles. The fourth-order valence-electron chi connectivity index (χ4n) is 1.70. The van der Waals surface area contributed by atoms with Crippen LogP contribution in [0.2, 0.25) is 0 Å². The van der Waals surface area contributed by atoms with Gasteiger partial charge in [0.25, 0.3) is 5.91 Å². The first-order valence-corrected chi connectivity index (χ1v) is 6.69. The molecule has 1 aromatic heterocycles. The summed E-state index contributed by atoms with van der Waals surface area (Å²) in [7, 11) is 0. The molecule has 2 aromatic rings. The van der Waals surface area contributed by atoms with E-state index in [0.29, 0.717) is 5.69 Å². The lowest BCUT2D eigenvalue weighted by Gasteiger charge is -2.08. The van der Waals surface area contributed by atoms with Crippen LogP contribution >= 0.6 is 0 Å². The number of carbonyl (C=O) groups excluding carboxylic acids is 2. The summed E-state index contributed by atoms with van der Waals surface area (Å²) in [6.45, 7) is 0.467. The molecule has 0 unspecified atom stereocenters. The van der Waals surface area contributed by atoms with Crippen molar-refractivity contribution in [3.05, 3.63) is 54.4 Å². The van der Waals surface area contributed by atoms with E-state index in [0.717, 1.165) is 0 Å². The number of nitrogens with zero attached hydrogens (tertiary/aromatic N) is 1. The van der Waals surface area contributed by atoms with Crippen LogP contribution < -0.4 is 16.0 Å². The molecular formula is C15H16N4O3. The summed E-state index contributed by atoms with van der Waals surface area (Å²) in [6, 6.07) is 11.6. The van der Waals surface area contributed by atoms with Gasteiger partial charge in [0.1, 0.15) is 5.75 Å². The smallest absolute Gasteiger partial charge is 0.319 e. The van der Waals surface area contributed by atoms with E-state index in [9.17, 15) is 14.7 Å². The SMILES string of the molecule is O=C(NCCNC(=O)c1ncccc1O)Nc1ccccc1. The van der Waals surface area contributed by atoms with Crippen molar-refractivity contribution >= 4 is 17.6 Å². The van der Waals surface area contributed by atoms with Crippen molar-refractivity contribution in [3.63, 3.8) is 0 Å². The van der Waals surface area contributed by atoms with E-state index >= 15 is 0 Å². The third-order valence-electron chi connectivity index (χ3n) is 2.73. The van der Waals surface area contributed by atoms with Gasteiger partial charge in [-0.1, -0.05) is 18.2 Å². The monoisotopic (exact) mass is 300 g/mol. The number of anilines is 1. The lowest BCUT2D eigenvalue weighted by Crippen LogP contribution is -2.37. The van der Waals surface area contributed by atoms with Gasteiger partial charge in [-0.2, -0.15) is 0 Å². The van der Waals surface area contributed by atoms with Gasteiger partial charge in [-0.15, -0.1) is 0 Å². The van der Waals surface area contributed by atoms with Crippen molar-refractivity contribution in [1.29, 1.82) is 0 Å². The van der Waals surface area contributed by atoms with Crippen LogP contribution in [0.25, 0.3) is 0 Å².